The third-order valence-electron chi connectivity index (χ3n) is 5.51. The Morgan fingerprint density at radius 2 is 1.35 bits per heavy atom. The van der Waals surface area contributed by atoms with Crippen molar-refractivity contribution in [1.82, 2.24) is 5.32 Å². The number of allylic oxidation sites excluding steroid dienone is 8. The molecule has 0 saturated heterocycles. The van der Waals surface area contributed by atoms with Gasteiger partial charge in [0.15, 0.2) is 11.5 Å². The number of phenolic OH excluding ortho intramolecular Hbond substituents is 2. The Bertz CT molecular complexity index is 777. The molecule has 0 aliphatic rings. The van der Waals surface area contributed by atoms with Crippen LogP contribution >= 0.6 is 0 Å². The van der Waals surface area contributed by atoms with Crippen molar-refractivity contribution in [1.29, 1.82) is 0 Å². The highest BCUT2D eigenvalue weighted by atomic mass is 16.3. The number of aromatic hydroxyl groups is 2. The van der Waals surface area contributed by atoms with Gasteiger partial charge in [-0.2, -0.15) is 0 Å². The fourth-order valence-electron chi connectivity index (χ4n) is 3.44. The topological polar surface area (TPSA) is 69.6 Å². The summed E-state index contributed by atoms with van der Waals surface area (Å²) >= 11 is 0. The van der Waals surface area contributed by atoms with Crippen LogP contribution < -0.4 is 5.32 Å². The Hall–Kier alpha value is -2.75. The van der Waals surface area contributed by atoms with Gasteiger partial charge in [-0.1, -0.05) is 80.9 Å². The molecule has 1 aromatic rings. The van der Waals surface area contributed by atoms with Gasteiger partial charge in [-0.25, -0.2) is 0 Å². The van der Waals surface area contributed by atoms with Crippen LogP contribution in [0, 0.1) is 0 Å². The number of benzene rings is 1. The van der Waals surface area contributed by atoms with E-state index in [1.807, 2.05) is 0 Å². The van der Waals surface area contributed by atoms with Crippen LogP contribution in [0.15, 0.2) is 66.8 Å². The normalized spacial score (nSPS) is 12.0. The lowest BCUT2D eigenvalue weighted by molar-refractivity contribution is -0.121. The van der Waals surface area contributed by atoms with Gasteiger partial charge in [-0.3, -0.25) is 4.79 Å². The Kier molecular flexibility index (Phi) is 17.9. The summed E-state index contributed by atoms with van der Waals surface area (Å²) in [6.45, 7) is 2.77. The van der Waals surface area contributed by atoms with Crippen LogP contribution in [-0.4, -0.2) is 22.7 Å². The number of nitrogens with one attached hydrogen (secondary N) is 1. The van der Waals surface area contributed by atoms with E-state index in [0.29, 0.717) is 19.4 Å². The molecule has 1 amide bonds. The van der Waals surface area contributed by atoms with Gasteiger partial charge < -0.3 is 15.5 Å². The fourth-order valence-corrected chi connectivity index (χ4v) is 3.44. The lowest BCUT2D eigenvalue weighted by Gasteiger charge is -2.06. The van der Waals surface area contributed by atoms with Crippen molar-refractivity contribution in [2.75, 3.05) is 6.54 Å². The number of unbranched alkanes of at least 4 members (excludes halogenated alkanes) is 6. The summed E-state index contributed by atoms with van der Waals surface area (Å²) in [4.78, 5) is 11.9. The average molecular weight is 468 g/mol. The van der Waals surface area contributed by atoms with Crippen molar-refractivity contribution in [3.63, 3.8) is 0 Å². The zero-order valence-electron chi connectivity index (χ0n) is 21.1. The number of carbonyl (C=O) groups is 1. The molecule has 0 aliphatic carbocycles. The van der Waals surface area contributed by atoms with Crippen LogP contribution in [0.4, 0.5) is 0 Å². The molecule has 4 nitrogen and oxygen atoms in total. The van der Waals surface area contributed by atoms with E-state index in [1.165, 1.54) is 37.8 Å². The molecule has 34 heavy (non-hydrogen) atoms. The summed E-state index contributed by atoms with van der Waals surface area (Å²) < 4.78 is 0. The highest BCUT2D eigenvalue weighted by Crippen LogP contribution is 2.24. The number of phenols is 2. The Balaban J connectivity index is 1.92. The molecule has 0 heterocycles. The number of carbonyl (C=O) groups excluding carboxylic acids is 1. The SMILES string of the molecule is CCCCC/C=C\C/C=C\C/C=C\C/C=C\CCCCCC(=O)NCCc1ccc(O)c(O)c1. The average Bonchev–Trinajstić information content (AvgIpc) is 2.83. The second-order valence-electron chi connectivity index (χ2n) is 8.61. The van der Waals surface area contributed by atoms with Crippen LogP contribution in [-0.2, 0) is 11.2 Å². The van der Waals surface area contributed by atoms with E-state index in [0.717, 1.165) is 50.5 Å². The maximum absolute atomic E-state index is 11.9. The summed E-state index contributed by atoms with van der Waals surface area (Å²) in [6.07, 6.45) is 31.3. The first-order valence-electron chi connectivity index (χ1n) is 13.0. The van der Waals surface area contributed by atoms with Crippen molar-refractivity contribution in [3.8, 4) is 11.5 Å². The minimum absolute atomic E-state index is 0.0701. The second-order valence-corrected chi connectivity index (χ2v) is 8.61. The minimum Gasteiger partial charge on any atom is -0.504 e. The first-order chi connectivity index (χ1) is 16.6. The van der Waals surface area contributed by atoms with Crippen LogP contribution in [0.25, 0.3) is 0 Å². The molecule has 0 unspecified atom stereocenters. The highest BCUT2D eigenvalue weighted by Gasteiger charge is 2.03. The van der Waals surface area contributed by atoms with Crippen molar-refractivity contribution in [2.45, 2.75) is 90.4 Å². The van der Waals surface area contributed by atoms with Crippen molar-refractivity contribution in [2.24, 2.45) is 0 Å². The van der Waals surface area contributed by atoms with Gasteiger partial charge in [0.2, 0.25) is 5.91 Å². The summed E-state index contributed by atoms with van der Waals surface area (Å²) in [7, 11) is 0. The lowest BCUT2D eigenvalue weighted by Crippen LogP contribution is -2.25. The fraction of sp³-hybridized carbons (Fsp3) is 0.500. The molecule has 4 heteroatoms. The van der Waals surface area contributed by atoms with E-state index < -0.39 is 0 Å². The van der Waals surface area contributed by atoms with E-state index in [9.17, 15) is 15.0 Å². The molecule has 0 bridgehead atoms. The van der Waals surface area contributed by atoms with Gasteiger partial charge in [-0.05, 0) is 75.5 Å². The molecule has 0 spiro atoms. The number of hydrogen-bond donors (Lipinski definition) is 3. The Labute approximate surface area is 207 Å². The zero-order chi connectivity index (χ0) is 24.7. The molecule has 0 aromatic heterocycles. The lowest BCUT2D eigenvalue weighted by atomic mass is 10.1. The molecule has 0 atom stereocenters. The van der Waals surface area contributed by atoms with Crippen LogP contribution in [0.3, 0.4) is 0 Å². The summed E-state index contributed by atoms with van der Waals surface area (Å²) in [5, 5.41) is 21.7. The first kappa shape index (κ1) is 29.3. The van der Waals surface area contributed by atoms with Crippen molar-refractivity contribution >= 4 is 5.91 Å². The number of hydrogen-bond acceptors (Lipinski definition) is 3. The van der Waals surface area contributed by atoms with Gasteiger partial charge in [0.05, 0.1) is 0 Å². The van der Waals surface area contributed by atoms with Gasteiger partial charge in [0.25, 0.3) is 0 Å². The minimum atomic E-state index is -0.127. The Morgan fingerprint density at radius 3 is 1.94 bits per heavy atom. The van der Waals surface area contributed by atoms with Crippen LogP contribution in [0.1, 0.15) is 89.5 Å². The standard InChI is InChI=1S/C30H45NO3/c1-2-3-4-5-6-7-8-9-10-11-12-13-14-15-16-17-18-19-20-21-30(34)31-25-24-27-22-23-28(32)29(33)26-27/h6-7,9-10,12-13,15-16,22-23,26,32-33H,2-5,8,11,14,17-21,24-25H2,1H3,(H,31,34)/b7-6-,10-9-,13-12-,16-15-. The quantitative estimate of drug-likeness (QED) is 0.111. The molecule has 1 aromatic carbocycles. The highest BCUT2D eigenvalue weighted by molar-refractivity contribution is 5.75. The predicted octanol–water partition coefficient (Wildman–Crippen LogP) is 7.68. The smallest absolute Gasteiger partial charge is 0.220 e. The van der Waals surface area contributed by atoms with Gasteiger partial charge in [0, 0.05) is 13.0 Å². The molecule has 0 radical (unpaired) electrons. The van der Waals surface area contributed by atoms with Crippen molar-refractivity contribution < 1.29 is 15.0 Å². The van der Waals surface area contributed by atoms with Gasteiger partial charge in [0.1, 0.15) is 0 Å². The van der Waals surface area contributed by atoms with E-state index in [-0.39, 0.29) is 17.4 Å². The molecule has 0 fully saturated rings. The van der Waals surface area contributed by atoms with E-state index in [2.05, 4.69) is 60.8 Å². The maximum atomic E-state index is 11.9. The summed E-state index contributed by atoms with van der Waals surface area (Å²) in [5.41, 5.74) is 0.884. The monoisotopic (exact) mass is 467 g/mol. The van der Waals surface area contributed by atoms with E-state index in [4.69, 9.17) is 0 Å². The second kappa shape index (κ2) is 20.8. The molecule has 0 aliphatic heterocycles. The number of rotatable bonds is 19. The molecule has 188 valence electrons. The first-order valence-corrected chi connectivity index (χ1v) is 13.0. The zero-order valence-corrected chi connectivity index (χ0v) is 21.1. The van der Waals surface area contributed by atoms with E-state index in [1.54, 1.807) is 6.07 Å². The third-order valence-corrected chi connectivity index (χ3v) is 5.51. The third kappa shape index (κ3) is 16.8. The molecular weight excluding hydrogens is 422 g/mol. The van der Waals surface area contributed by atoms with Crippen LogP contribution in [0.2, 0.25) is 0 Å². The van der Waals surface area contributed by atoms with Crippen molar-refractivity contribution in [3.05, 3.63) is 72.4 Å². The molecular formula is C30H45NO3. The van der Waals surface area contributed by atoms with Gasteiger partial charge >= 0.3 is 0 Å². The summed E-state index contributed by atoms with van der Waals surface area (Å²) in [6, 6.07) is 4.74. The summed E-state index contributed by atoms with van der Waals surface area (Å²) in [5.74, 6) is -0.183. The Morgan fingerprint density at radius 1 is 0.765 bits per heavy atom. The largest absolute Gasteiger partial charge is 0.504 e. The van der Waals surface area contributed by atoms with Gasteiger partial charge in [-0.15, -0.1) is 0 Å². The molecule has 0 saturated carbocycles. The number of amides is 1. The molecule has 3 N–H and O–H groups in total. The van der Waals surface area contributed by atoms with E-state index >= 15 is 0 Å². The predicted molar refractivity (Wildman–Crippen MR) is 144 cm³/mol. The molecule has 1 rings (SSSR count). The van der Waals surface area contributed by atoms with Crippen LogP contribution in [0.5, 0.6) is 11.5 Å². The maximum Gasteiger partial charge on any atom is 0.220 e.